The van der Waals surface area contributed by atoms with E-state index in [0.717, 1.165) is 31.6 Å². The topological polar surface area (TPSA) is 12.5 Å². The van der Waals surface area contributed by atoms with Gasteiger partial charge < -0.3 is 9.64 Å². The van der Waals surface area contributed by atoms with E-state index in [1.807, 2.05) is 0 Å². The Balaban J connectivity index is 1.83. The number of nitrogens with zero attached hydrogens (tertiary/aromatic N) is 1. The van der Waals surface area contributed by atoms with Gasteiger partial charge in [-0.05, 0) is 49.4 Å². The van der Waals surface area contributed by atoms with Crippen LogP contribution in [0.1, 0.15) is 39.2 Å². The maximum atomic E-state index is 6.08. The van der Waals surface area contributed by atoms with Gasteiger partial charge in [0.1, 0.15) is 11.9 Å². The van der Waals surface area contributed by atoms with E-state index in [4.69, 9.17) is 4.74 Å². The zero-order valence-corrected chi connectivity index (χ0v) is 12.6. The smallest absolute Gasteiger partial charge is 0.119 e. The van der Waals surface area contributed by atoms with E-state index in [2.05, 4.69) is 49.9 Å². The highest BCUT2D eigenvalue weighted by Crippen LogP contribution is 2.20. The number of rotatable bonds is 5. The first-order valence-corrected chi connectivity index (χ1v) is 7.65. The summed E-state index contributed by atoms with van der Waals surface area (Å²) in [5.74, 6) is 1.74. The van der Waals surface area contributed by atoms with Crippen molar-refractivity contribution in [2.45, 2.75) is 46.1 Å². The molecule has 1 aliphatic rings. The maximum Gasteiger partial charge on any atom is 0.119 e. The Morgan fingerprint density at radius 1 is 1.16 bits per heavy atom. The third kappa shape index (κ3) is 4.54. The highest BCUT2D eigenvalue weighted by molar-refractivity contribution is 5.27. The van der Waals surface area contributed by atoms with Crippen LogP contribution in [0.15, 0.2) is 24.3 Å². The average molecular weight is 261 g/mol. The van der Waals surface area contributed by atoms with E-state index in [9.17, 15) is 0 Å². The van der Waals surface area contributed by atoms with Gasteiger partial charge in [-0.2, -0.15) is 0 Å². The van der Waals surface area contributed by atoms with E-state index in [1.165, 1.54) is 18.7 Å². The summed E-state index contributed by atoms with van der Waals surface area (Å²) in [5, 5.41) is 0. The Kier molecular flexibility index (Phi) is 5.26. The minimum atomic E-state index is 0.402. The van der Waals surface area contributed by atoms with Crippen LogP contribution in [0.4, 0.5) is 0 Å². The molecule has 106 valence electrons. The van der Waals surface area contributed by atoms with Crippen molar-refractivity contribution in [3.05, 3.63) is 29.8 Å². The van der Waals surface area contributed by atoms with Crippen LogP contribution in [0.5, 0.6) is 5.75 Å². The summed E-state index contributed by atoms with van der Waals surface area (Å²) in [7, 11) is 0. The molecule has 2 rings (SSSR count). The molecule has 1 aromatic carbocycles. The predicted molar refractivity (Wildman–Crippen MR) is 80.7 cm³/mol. The van der Waals surface area contributed by atoms with Gasteiger partial charge in [0.15, 0.2) is 0 Å². The minimum Gasteiger partial charge on any atom is -0.490 e. The number of likely N-dealkylation sites (tertiary alicyclic amines) is 1. The molecule has 1 fully saturated rings. The van der Waals surface area contributed by atoms with Crippen molar-refractivity contribution in [1.82, 2.24) is 4.90 Å². The van der Waals surface area contributed by atoms with Crippen molar-refractivity contribution in [2.75, 3.05) is 19.6 Å². The maximum absolute atomic E-state index is 6.08. The van der Waals surface area contributed by atoms with Crippen LogP contribution < -0.4 is 4.74 Å². The summed E-state index contributed by atoms with van der Waals surface area (Å²) in [4.78, 5) is 2.49. The first kappa shape index (κ1) is 14.4. The quantitative estimate of drug-likeness (QED) is 0.800. The Morgan fingerprint density at radius 2 is 1.79 bits per heavy atom. The minimum absolute atomic E-state index is 0.402. The van der Waals surface area contributed by atoms with E-state index in [-0.39, 0.29) is 0 Å². The van der Waals surface area contributed by atoms with E-state index in [0.29, 0.717) is 12.0 Å². The van der Waals surface area contributed by atoms with Gasteiger partial charge in [-0.1, -0.05) is 32.9 Å². The summed E-state index contributed by atoms with van der Waals surface area (Å²) in [5.41, 5.74) is 1.41. The molecular weight excluding hydrogens is 234 g/mol. The molecular formula is C17H27NO. The first-order valence-electron chi connectivity index (χ1n) is 7.65. The molecule has 1 aliphatic heterocycles. The molecule has 1 aromatic rings. The molecule has 2 nitrogen and oxygen atoms in total. The van der Waals surface area contributed by atoms with Crippen LogP contribution in [0.3, 0.4) is 0 Å². The number of piperidine rings is 1. The molecule has 0 aliphatic carbocycles. The second kappa shape index (κ2) is 6.95. The van der Waals surface area contributed by atoms with Crippen molar-refractivity contribution in [1.29, 1.82) is 0 Å². The summed E-state index contributed by atoms with van der Waals surface area (Å²) in [6, 6.07) is 8.67. The Bertz CT molecular complexity index is 363. The fourth-order valence-corrected chi connectivity index (χ4v) is 2.71. The average Bonchev–Trinajstić information content (AvgIpc) is 2.41. The second-order valence-electron chi connectivity index (χ2n) is 5.99. The fourth-order valence-electron chi connectivity index (χ4n) is 2.71. The largest absolute Gasteiger partial charge is 0.490 e. The Hall–Kier alpha value is -1.02. The molecule has 0 atom stereocenters. The molecule has 0 unspecified atom stereocenters. The third-order valence-electron chi connectivity index (χ3n) is 3.85. The molecule has 0 N–H and O–H groups in total. The Morgan fingerprint density at radius 3 is 2.32 bits per heavy atom. The van der Waals surface area contributed by atoms with Gasteiger partial charge in [0.05, 0.1) is 0 Å². The second-order valence-corrected chi connectivity index (χ2v) is 5.99. The van der Waals surface area contributed by atoms with Gasteiger partial charge in [0.25, 0.3) is 0 Å². The standard InChI is InChI=1S/C17H27NO/c1-4-18-11-9-17(10-12-18)19-16-7-5-15(6-8-16)13-14(2)3/h5-8,14,17H,4,9-13H2,1-3H3. The highest BCUT2D eigenvalue weighted by atomic mass is 16.5. The lowest BCUT2D eigenvalue weighted by atomic mass is 10.0. The van der Waals surface area contributed by atoms with Crippen LogP contribution in [0.2, 0.25) is 0 Å². The van der Waals surface area contributed by atoms with Crippen LogP contribution in [-0.4, -0.2) is 30.6 Å². The SMILES string of the molecule is CCN1CCC(Oc2ccc(CC(C)C)cc2)CC1. The van der Waals surface area contributed by atoms with Crippen molar-refractivity contribution in [2.24, 2.45) is 5.92 Å². The van der Waals surface area contributed by atoms with Crippen molar-refractivity contribution < 1.29 is 4.74 Å². The molecule has 0 bridgehead atoms. The molecule has 1 saturated heterocycles. The molecule has 0 spiro atoms. The molecule has 19 heavy (non-hydrogen) atoms. The normalized spacial score (nSPS) is 17.9. The lowest BCUT2D eigenvalue weighted by Crippen LogP contribution is -2.37. The first-order chi connectivity index (χ1) is 9.17. The van der Waals surface area contributed by atoms with E-state index < -0.39 is 0 Å². The van der Waals surface area contributed by atoms with Crippen LogP contribution in [-0.2, 0) is 6.42 Å². The van der Waals surface area contributed by atoms with Gasteiger partial charge in [0.2, 0.25) is 0 Å². The summed E-state index contributed by atoms with van der Waals surface area (Å²) in [6.07, 6.45) is 3.86. The number of hydrogen-bond acceptors (Lipinski definition) is 2. The lowest BCUT2D eigenvalue weighted by Gasteiger charge is -2.31. The van der Waals surface area contributed by atoms with Crippen LogP contribution in [0.25, 0.3) is 0 Å². The van der Waals surface area contributed by atoms with E-state index in [1.54, 1.807) is 0 Å². The number of ether oxygens (including phenoxy) is 1. The summed E-state index contributed by atoms with van der Waals surface area (Å²) >= 11 is 0. The van der Waals surface area contributed by atoms with Crippen molar-refractivity contribution >= 4 is 0 Å². The van der Waals surface area contributed by atoms with Gasteiger partial charge in [-0.25, -0.2) is 0 Å². The predicted octanol–water partition coefficient (Wildman–Crippen LogP) is 3.75. The monoisotopic (exact) mass is 261 g/mol. The van der Waals surface area contributed by atoms with Crippen molar-refractivity contribution in [3.8, 4) is 5.75 Å². The van der Waals surface area contributed by atoms with Gasteiger partial charge >= 0.3 is 0 Å². The van der Waals surface area contributed by atoms with Gasteiger partial charge in [0, 0.05) is 13.1 Å². The number of benzene rings is 1. The van der Waals surface area contributed by atoms with Crippen LogP contribution in [0, 0.1) is 5.92 Å². The highest BCUT2D eigenvalue weighted by Gasteiger charge is 2.19. The van der Waals surface area contributed by atoms with E-state index >= 15 is 0 Å². The van der Waals surface area contributed by atoms with Gasteiger partial charge in [-0.3, -0.25) is 0 Å². The number of hydrogen-bond donors (Lipinski definition) is 0. The zero-order valence-electron chi connectivity index (χ0n) is 12.6. The lowest BCUT2D eigenvalue weighted by molar-refractivity contribution is 0.104. The zero-order chi connectivity index (χ0) is 13.7. The Labute approximate surface area is 117 Å². The van der Waals surface area contributed by atoms with Crippen molar-refractivity contribution in [3.63, 3.8) is 0 Å². The summed E-state index contributed by atoms with van der Waals surface area (Å²) < 4.78 is 6.08. The molecule has 0 aromatic heterocycles. The molecule has 2 heteroatoms. The van der Waals surface area contributed by atoms with Crippen LogP contribution >= 0.6 is 0 Å². The fraction of sp³-hybridized carbons (Fsp3) is 0.647. The molecule has 0 saturated carbocycles. The molecule has 0 radical (unpaired) electrons. The van der Waals surface area contributed by atoms with Gasteiger partial charge in [-0.15, -0.1) is 0 Å². The summed E-state index contributed by atoms with van der Waals surface area (Å²) in [6.45, 7) is 10.3. The molecule has 0 amide bonds. The third-order valence-corrected chi connectivity index (χ3v) is 3.85. The molecule has 1 heterocycles.